The van der Waals surface area contributed by atoms with Crippen LogP contribution >= 0.6 is 0 Å². The third-order valence-corrected chi connectivity index (χ3v) is 3.09. The van der Waals surface area contributed by atoms with Crippen molar-refractivity contribution in [1.29, 1.82) is 0 Å². The molecule has 4 heteroatoms. The fraction of sp³-hybridized carbons (Fsp3) is 0.200. The average molecular weight is 253 g/mol. The van der Waals surface area contributed by atoms with Crippen molar-refractivity contribution in [3.63, 3.8) is 0 Å². The first-order valence-electron chi connectivity index (χ1n) is 6.20. The lowest BCUT2D eigenvalue weighted by atomic mass is 10.1. The van der Waals surface area contributed by atoms with Crippen LogP contribution in [0.5, 0.6) is 5.75 Å². The van der Waals surface area contributed by atoms with E-state index >= 15 is 0 Å². The molecule has 1 aromatic carbocycles. The number of rotatable bonds is 3. The second kappa shape index (κ2) is 4.72. The van der Waals surface area contributed by atoms with Crippen molar-refractivity contribution in [1.82, 2.24) is 14.6 Å². The van der Waals surface area contributed by atoms with Crippen LogP contribution in [0.3, 0.4) is 0 Å². The fourth-order valence-corrected chi connectivity index (χ4v) is 2.12. The van der Waals surface area contributed by atoms with Crippen LogP contribution in [0.15, 0.2) is 42.5 Å². The number of methoxy groups -OCH3 is 1. The van der Waals surface area contributed by atoms with E-state index in [2.05, 4.69) is 16.1 Å². The number of benzene rings is 1. The van der Waals surface area contributed by atoms with Crippen LogP contribution in [0, 0.1) is 6.92 Å². The molecule has 0 radical (unpaired) electrons. The van der Waals surface area contributed by atoms with Gasteiger partial charge in [0.2, 0.25) is 0 Å². The summed E-state index contributed by atoms with van der Waals surface area (Å²) in [6, 6.07) is 14.0. The minimum Gasteiger partial charge on any atom is -0.497 e. The molecule has 4 nitrogen and oxygen atoms in total. The lowest BCUT2D eigenvalue weighted by Crippen LogP contribution is -1.95. The molecule has 0 saturated heterocycles. The molecule has 0 spiro atoms. The van der Waals surface area contributed by atoms with Crippen LogP contribution in [0.4, 0.5) is 0 Å². The molecule has 0 amide bonds. The fourth-order valence-electron chi connectivity index (χ4n) is 2.12. The summed E-state index contributed by atoms with van der Waals surface area (Å²) in [5, 5.41) is 4.53. The van der Waals surface area contributed by atoms with E-state index in [0.717, 1.165) is 28.5 Å². The number of aryl methyl sites for hydroxylation is 1. The molecule has 0 atom stereocenters. The lowest BCUT2D eigenvalue weighted by Gasteiger charge is -2.01. The van der Waals surface area contributed by atoms with Gasteiger partial charge in [0.15, 0.2) is 11.5 Å². The monoisotopic (exact) mass is 253 g/mol. The van der Waals surface area contributed by atoms with Crippen LogP contribution in [0.1, 0.15) is 17.1 Å². The van der Waals surface area contributed by atoms with Crippen LogP contribution in [0.25, 0.3) is 5.65 Å². The van der Waals surface area contributed by atoms with Gasteiger partial charge in [-0.05, 0) is 36.8 Å². The largest absolute Gasteiger partial charge is 0.497 e. The highest BCUT2D eigenvalue weighted by Crippen LogP contribution is 2.15. The molecule has 0 saturated carbocycles. The summed E-state index contributed by atoms with van der Waals surface area (Å²) in [6.45, 7) is 2.02. The zero-order valence-corrected chi connectivity index (χ0v) is 11.0. The molecule has 0 aliphatic carbocycles. The van der Waals surface area contributed by atoms with Crippen molar-refractivity contribution in [2.45, 2.75) is 13.3 Å². The van der Waals surface area contributed by atoms with Crippen LogP contribution in [0.2, 0.25) is 0 Å². The number of nitrogens with zero attached hydrogens (tertiary/aromatic N) is 3. The predicted octanol–water partition coefficient (Wildman–Crippen LogP) is 2.64. The quantitative estimate of drug-likeness (QED) is 0.720. The van der Waals surface area contributed by atoms with E-state index in [-0.39, 0.29) is 0 Å². The summed E-state index contributed by atoms with van der Waals surface area (Å²) >= 11 is 0. The van der Waals surface area contributed by atoms with Crippen LogP contribution in [-0.4, -0.2) is 21.7 Å². The number of ether oxygens (including phenoxy) is 1. The van der Waals surface area contributed by atoms with Gasteiger partial charge in [-0.1, -0.05) is 18.2 Å². The molecule has 2 heterocycles. The molecule has 0 fully saturated rings. The van der Waals surface area contributed by atoms with Crippen molar-refractivity contribution in [3.05, 3.63) is 59.5 Å². The zero-order chi connectivity index (χ0) is 13.2. The van der Waals surface area contributed by atoms with Crippen LogP contribution in [-0.2, 0) is 6.42 Å². The number of hydrogen-bond acceptors (Lipinski definition) is 3. The Kier molecular flexibility index (Phi) is 2.91. The Morgan fingerprint density at radius 3 is 2.79 bits per heavy atom. The number of pyridine rings is 1. The Hall–Kier alpha value is -2.36. The van der Waals surface area contributed by atoms with Crippen molar-refractivity contribution in [2.24, 2.45) is 0 Å². The van der Waals surface area contributed by atoms with Gasteiger partial charge >= 0.3 is 0 Å². The van der Waals surface area contributed by atoms with Crippen molar-refractivity contribution >= 4 is 5.65 Å². The van der Waals surface area contributed by atoms with Crippen molar-refractivity contribution in [3.8, 4) is 5.75 Å². The summed E-state index contributed by atoms with van der Waals surface area (Å²) < 4.78 is 7.10. The SMILES string of the molecule is COc1cccc(Cc2nc3cccc(C)n3n2)c1. The molecule has 2 aromatic heterocycles. The summed E-state index contributed by atoms with van der Waals surface area (Å²) in [5.41, 5.74) is 3.12. The smallest absolute Gasteiger partial charge is 0.156 e. The van der Waals surface area contributed by atoms with Crippen molar-refractivity contribution in [2.75, 3.05) is 7.11 Å². The summed E-state index contributed by atoms with van der Waals surface area (Å²) in [4.78, 5) is 4.54. The Labute approximate surface area is 111 Å². The van der Waals surface area contributed by atoms with E-state index in [1.165, 1.54) is 0 Å². The van der Waals surface area contributed by atoms with E-state index in [0.29, 0.717) is 6.42 Å². The second-order valence-electron chi connectivity index (χ2n) is 4.49. The van der Waals surface area contributed by atoms with Gasteiger partial charge in [-0.15, -0.1) is 0 Å². The molecular weight excluding hydrogens is 238 g/mol. The molecular formula is C15H15N3O. The van der Waals surface area contributed by atoms with Gasteiger partial charge in [0.1, 0.15) is 5.75 Å². The lowest BCUT2D eigenvalue weighted by molar-refractivity contribution is 0.414. The average Bonchev–Trinajstić information content (AvgIpc) is 2.83. The molecule has 0 bridgehead atoms. The van der Waals surface area contributed by atoms with Gasteiger partial charge in [-0.25, -0.2) is 9.50 Å². The number of aromatic nitrogens is 3. The molecule has 3 rings (SSSR count). The van der Waals surface area contributed by atoms with Gasteiger partial charge in [-0.3, -0.25) is 0 Å². The molecule has 19 heavy (non-hydrogen) atoms. The highest BCUT2D eigenvalue weighted by Gasteiger charge is 2.06. The highest BCUT2D eigenvalue weighted by molar-refractivity contribution is 5.39. The molecule has 0 aliphatic rings. The third-order valence-electron chi connectivity index (χ3n) is 3.09. The molecule has 0 N–H and O–H groups in total. The topological polar surface area (TPSA) is 39.4 Å². The van der Waals surface area contributed by atoms with Crippen molar-refractivity contribution < 1.29 is 4.74 Å². The second-order valence-corrected chi connectivity index (χ2v) is 4.49. The first kappa shape index (κ1) is 11.7. The molecule has 3 aromatic rings. The predicted molar refractivity (Wildman–Crippen MR) is 73.5 cm³/mol. The number of fused-ring (bicyclic) bond motifs is 1. The molecule has 96 valence electrons. The Morgan fingerprint density at radius 1 is 1.16 bits per heavy atom. The summed E-state index contributed by atoms with van der Waals surface area (Å²) in [5.74, 6) is 1.68. The summed E-state index contributed by atoms with van der Waals surface area (Å²) in [7, 11) is 1.67. The van der Waals surface area contributed by atoms with E-state index < -0.39 is 0 Å². The van der Waals surface area contributed by atoms with Gasteiger partial charge in [-0.2, -0.15) is 5.10 Å². The van der Waals surface area contributed by atoms with E-state index in [1.54, 1.807) is 7.11 Å². The Balaban J connectivity index is 1.94. The van der Waals surface area contributed by atoms with E-state index in [4.69, 9.17) is 4.74 Å². The number of hydrogen-bond donors (Lipinski definition) is 0. The minimum absolute atomic E-state index is 0.707. The first-order chi connectivity index (χ1) is 9.26. The Morgan fingerprint density at radius 2 is 2.00 bits per heavy atom. The molecule has 0 aliphatic heterocycles. The van der Waals surface area contributed by atoms with E-state index in [1.807, 2.05) is 47.8 Å². The maximum Gasteiger partial charge on any atom is 0.156 e. The van der Waals surface area contributed by atoms with Gasteiger partial charge < -0.3 is 4.74 Å². The Bertz CT molecular complexity index is 718. The van der Waals surface area contributed by atoms with Gasteiger partial charge in [0.05, 0.1) is 7.11 Å². The maximum absolute atomic E-state index is 5.22. The first-order valence-corrected chi connectivity index (χ1v) is 6.20. The third kappa shape index (κ3) is 2.29. The minimum atomic E-state index is 0.707. The summed E-state index contributed by atoms with van der Waals surface area (Å²) in [6.07, 6.45) is 0.707. The standard InChI is InChI=1S/C15H15N3O/c1-11-5-3-8-15-16-14(17-18(11)15)10-12-6-4-7-13(9-12)19-2/h3-9H,10H2,1-2H3. The normalized spacial score (nSPS) is 10.8. The van der Waals surface area contributed by atoms with Gasteiger partial charge in [0, 0.05) is 12.1 Å². The molecule has 0 unspecified atom stereocenters. The zero-order valence-electron chi connectivity index (χ0n) is 11.0. The highest BCUT2D eigenvalue weighted by atomic mass is 16.5. The van der Waals surface area contributed by atoms with E-state index in [9.17, 15) is 0 Å². The van der Waals surface area contributed by atoms with Gasteiger partial charge in [0.25, 0.3) is 0 Å². The maximum atomic E-state index is 5.22. The van der Waals surface area contributed by atoms with Crippen LogP contribution < -0.4 is 4.74 Å².